The zero-order valence-electron chi connectivity index (χ0n) is 17.3. The molecule has 0 bridgehead atoms. The van der Waals surface area contributed by atoms with E-state index in [1.807, 2.05) is 24.4 Å². The van der Waals surface area contributed by atoms with Crippen LogP contribution in [0.5, 0.6) is 5.75 Å². The SMILES string of the molecule is COCC#COc1ccc(CN2CCC(Nc3ccnc4ccccc34)CC2)cc1. The van der Waals surface area contributed by atoms with Crippen LogP contribution in [0.1, 0.15) is 18.4 Å². The number of nitrogens with zero attached hydrogens (tertiary/aromatic N) is 2. The van der Waals surface area contributed by atoms with Crippen LogP contribution in [-0.4, -0.2) is 42.7 Å². The predicted molar refractivity (Wildman–Crippen MR) is 120 cm³/mol. The number of pyridine rings is 1. The number of rotatable bonds is 6. The molecule has 0 unspecified atom stereocenters. The molecule has 2 aromatic carbocycles. The van der Waals surface area contributed by atoms with Crippen molar-refractivity contribution in [2.75, 3.05) is 32.1 Å². The molecule has 5 nitrogen and oxygen atoms in total. The van der Waals surface area contributed by atoms with Crippen molar-refractivity contribution in [3.05, 3.63) is 66.4 Å². The number of piperidine rings is 1. The summed E-state index contributed by atoms with van der Waals surface area (Å²) in [5.74, 6) is 3.54. The van der Waals surface area contributed by atoms with Crippen molar-refractivity contribution >= 4 is 16.6 Å². The summed E-state index contributed by atoms with van der Waals surface area (Å²) < 4.78 is 10.3. The third kappa shape index (κ3) is 5.29. The second-order valence-corrected chi connectivity index (χ2v) is 7.53. The number of fused-ring (bicyclic) bond motifs is 1. The van der Waals surface area contributed by atoms with E-state index in [9.17, 15) is 0 Å². The Bertz CT molecular complexity index is 1010. The molecule has 0 radical (unpaired) electrons. The van der Waals surface area contributed by atoms with Crippen molar-refractivity contribution < 1.29 is 9.47 Å². The summed E-state index contributed by atoms with van der Waals surface area (Å²) >= 11 is 0. The van der Waals surface area contributed by atoms with Crippen LogP contribution in [0, 0.1) is 12.0 Å². The first-order valence-electron chi connectivity index (χ1n) is 10.4. The van der Waals surface area contributed by atoms with Crippen LogP contribution in [0.2, 0.25) is 0 Å². The molecule has 0 aliphatic carbocycles. The van der Waals surface area contributed by atoms with Crippen molar-refractivity contribution in [1.82, 2.24) is 9.88 Å². The lowest BCUT2D eigenvalue weighted by atomic mass is 10.0. The zero-order valence-corrected chi connectivity index (χ0v) is 17.3. The van der Waals surface area contributed by atoms with Crippen molar-refractivity contribution in [3.63, 3.8) is 0 Å². The van der Waals surface area contributed by atoms with E-state index in [1.54, 1.807) is 7.11 Å². The van der Waals surface area contributed by atoms with Gasteiger partial charge in [0.1, 0.15) is 18.5 Å². The molecule has 3 aromatic rings. The lowest BCUT2D eigenvalue weighted by Gasteiger charge is -2.33. The minimum atomic E-state index is 0.375. The van der Waals surface area contributed by atoms with Crippen molar-refractivity contribution in [3.8, 4) is 17.8 Å². The molecule has 154 valence electrons. The van der Waals surface area contributed by atoms with Gasteiger partial charge in [0.25, 0.3) is 0 Å². The van der Waals surface area contributed by atoms with E-state index in [2.05, 4.69) is 63.6 Å². The maximum Gasteiger partial charge on any atom is 0.140 e. The fraction of sp³-hybridized carbons (Fsp3) is 0.320. The number of methoxy groups -OCH3 is 1. The highest BCUT2D eigenvalue weighted by Gasteiger charge is 2.19. The molecule has 0 amide bonds. The van der Waals surface area contributed by atoms with E-state index < -0.39 is 0 Å². The topological polar surface area (TPSA) is 46.6 Å². The molecule has 1 aromatic heterocycles. The highest BCUT2D eigenvalue weighted by molar-refractivity contribution is 5.90. The number of para-hydroxylation sites is 1. The molecule has 1 N–H and O–H groups in total. The summed E-state index contributed by atoms with van der Waals surface area (Å²) in [6, 6.07) is 19.0. The van der Waals surface area contributed by atoms with Crippen LogP contribution in [-0.2, 0) is 11.3 Å². The number of nitrogens with one attached hydrogen (secondary N) is 1. The van der Waals surface area contributed by atoms with Gasteiger partial charge in [-0.25, -0.2) is 0 Å². The lowest BCUT2D eigenvalue weighted by Crippen LogP contribution is -2.38. The average molecular weight is 402 g/mol. The van der Waals surface area contributed by atoms with Gasteiger partial charge in [-0.1, -0.05) is 30.3 Å². The lowest BCUT2D eigenvalue weighted by molar-refractivity contribution is 0.211. The minimum Gasteiger partial charge on any atom is -0.407 e. The van der Waals surface area contributed by atoms with Crippen LogP contribution < -0.4 is 10.1 Å². The van der Waals surface area contributed by atoms with E-state index >= 15 is 0 Å². The van der Waals surface area contributed by atoms with Crippen molar-refractivity contribution in [2.45, 2.75) is 25.4 Å². The number of hydrogen-bond donors (Lipinski definition) is 1. The summed E-state index contributed by atoms with van der Waals surface area (Å²) in [5.41, 5.74) is 3.51. The standard InChI is InChI=1S/C25H27N3O2/c1-29-17-4-18-30-22-9-7-20(8-10-22)19-28-15-12-21(13-16-28)27-25-11-14-26-24-6-3-2-5-23(24)25/h2-3,5-11,14,21H,12-13,15-17,19H2,1H3,(H,26,27). The van der Waals surface area contributed by atoms with Crippen LogP contribution >= 0.6 is 0 Å². The summed E-state index contributed by atoms with van der Waals surface area (Å²) in [6.45, 7) is 3.50. The molecule has 2 heterocycles. The zero-order chi connectivity index (χ0) is 20.6. The monoisotopic (exact) mass is 401 g/mol. The summed E-state index contributed by atoms with van der Waals surface area (Å²) in [4.78, 5) is 6.97. The molecule has 0 saturated carbocycles. The molecule has 1 aliphatic heterocycles. The number of hydrogen-bond acceptors (Lipinski definition) is 5. The highest BCUT2D eigenvalue weighted by atomic mass is 16.5. The van der Waals surface area contributed by atoms with E-state index in [4.69, 9.17) is 9.47 Å². The Morgan fingerprint density at radius 2 is 1.87 bits per heavy atom. The quantitative estimate of drug-likeness (QED) is 0.624. The van der Waals surface area contributed by atoms with Crippen LogP contribution in [0.3, 0.4) is 0 Å². The Labute approximate surface area is 178 Å². The Kier molecular flexibility index (Phi) is 6.81. The average Bonchev–Trinajstić information content (AvgIpc) is 2.79. The number of ether oxygens (including phenoxy) is 2. The maximum atomic E-state index is 5.39. The summed E-state index contributed by atoms with van der Waals surface area (Å²) in [5, 5.41) is 4.93. The number of likely N-dealkylation sites (tertiary alicyclic amines) is 1. The van der Waals surface area contributed by atoms with E-state index in [1.165, 1.54) is 16.6 Å². The first kappa shape index (κ1) is 20.2. The predicted octanol–water partition coefficient (Wildman–Crippen LogP) is 4.30. The van der Waals surface area contributed by atoms with Gasteiger partial charge in [-0.3, -0.25) is 9.88 Å². The van der Waals surface area contributed by atoms with Crippen LogP contribution in [0.4, 0.5) is 5.69 Å². The molecule has 1 aliphatic rings. The molecule has 5 heteroatoms. The van der Waals surface area contributed by atoms with E-state index in [0.717, 1.165) is 43.7 Å². The highest BCUT2D eigenvalue weighted by Crippen LogP contribution is 2.24. The van der Waals surface area contributed by atoms with E-state index in [0.29, 0.717) is 12.6 Å². The Hall–Kier alpha value is -3.07. The summed E-state index contributed by atoms with van der Waals surface area (Å²) in [6.07, 6.45) is 6.79. The van der Waals surface area contributed by atoms with Gasteiger partial charge in [-0.05, 0) is 48.6 Å². The van der Waals surface area contributed by atoms with Gasteiger partial charge in [-0.2, -0.15) is 0 Å². The minimum absolute atomic E-state index is 0.375. The smallest absolute Gasteiger partial charge is 0.140 e. The first-order valence-corrected chi connectivity index (χ1v) is 10.4. The first-order chi connectivity index (χ1) is 14.8. The largest absolute Gasteiger partial charge is 0.407 e. The van der Waals surface area contributed by atoms with Gasteiger partial charge < -0.3 is 14.8 Å². The second-order valence-electron chi connectivity index (χ2n) is 7.53. The van der Waals surface area contributed by atoms with Gasteiger partial charge in [0.2, 0.25) is 0 Å². The third-order valence-electron chi connectivity index (χ3n) is 5.38. The van der Waals surface area contributed by atoms with Gasteiger partial charge in [0, 0.05) is 50.1 Å². The van der Waals surface area contributed by atoms with Crippen molar-refractivity contribution in [1.29, 1.82) is 0 Å². The second kappa shape index (κ2) is 10.1. The normalized spacial score (nSPS) is 14.8. The molecule has 1 fully saturated rings. The van der Waals surface area contributed by atoms with Crippen LogP contribution in [0.15, 0.2) is 60.8 Å². The van der Waals surface area contributed by atoms with Gasteiger partial charge >= 0.3 is 0 Å². The van der Waals surface area contributed by atoms with Gasteiger partial charge in [-0.15, -0.1) is 0 Å². The summed E-state index contributed by atoms with van der Waals surface area (Å²) in [7, 11) is 1.61. The molecule has 1 saturated heterocycles. The number of anilines is 1. The third-order valence-corrected chi connectivity index (χ3v) is 5.38. The number of benzene rings is 2. The fourth-order valence-electron chi connectivity index (χ4n) is 3.79. The van der Waals surface area contributed by atoms with Crippen LogP contribution in [0.25, 0.3) is 10.9 Å². The van der Waals surface area contributed by atoms with E-state index in [-0.39, 0.29) is 0 Å². The Morgan fingerprint density at radius 3 is 2.67 bits per heavy atom. The molecule has 4 rings (SSSR count). The maximum absolute atomic E-state index is 5.39. The van der Waals surface area contributed by atoms with Gasteiger partial charge in [0.15, 0.2) is 0 Å². The molecule has 30 heavy (non-hydrogen) atoms. The molecule has 0 atom stereocenters. The van der Waals surface area contributed by atoms with Crippen molar-refractivity contribution in [2.24, 2.45) is 0 Å². The number of aromatic nitrogens is 1. The fourth-order valence-corrected chi connectivity index (χ4v) is 3.79. The van der Waals surface area contributed by atoms with Gasteiger partial charge in [0.05, 0.1) is 5.52 Å². The Balaban J connectivity index is 1.27. The molecule has 0 spiro atoms. The Morgan fingerprint density at radius 1 is 1.07 bits per heavy atom. The molecular formula is C25H27N3O2. The molecular weight excluding hydrogens is 374 g/mol.